The van der Waals surface area contributed by atoms with E-state index < -0.39 is 11.0 Å². The molecule has 1 N–H and O–H groups in total. The number of carbonyl (C=O) groups excluding carboxylic acids is 1. The number of nitro groups is 1. The Balaban J connectivity index is 1.87. The molecule has 3 rings (SSSR count). The van der Waals surface area contributed by atoms with Crippen molar-refractivity contribution in [3.8, 4) is 0 Å². The molecule has 27 heavy (non-hydrogen) atoms. The van der Waals surface area contributed by atoms with Gasteiger partial charge >= 0.3 is 0 Å². The fourth-order valence-corrected chi connectivity index (χ4v) is 3.11. The molecule has 1 amide bonds. The van der Waals surface area contributed by atoms with E-state index >= 15 is 0 Å². The fraction of sp³-hybridized carbons (Fsp3) is 0.0952. The Morgan fingerprint density at radius 2 is 1.63 bits per heavy atom. The van der Waals surface area contributed by atoms with Crippen LogP contribution in [0, 0.1) is 10.1 Å². The lowest BCUT2D eigenvalue weighted by Crippen LogP contribution is -2.30. The van der Waals surface area contributed by atoms with Crippen LogP contribution in [0.3, 0.4) is 0 Å². The molecule has 0 heterocycles. The van der Waals surface area contributed by atoms with E-state index in [-0.39, 0.29) is 18.0 Å². The van der Waals surface area contributed by atoms with Crippen LogP contribution in [-0.4, -0.2) is 10.8 Å². The van der Waals surface area contributed by atoms with E-state index in [9.17, 15) is 14.9 Å². The van der Waals surface area contributed by atoms with Crippen LogP contribution in [0.15, 0.2) is 78.9 Å². The summed E-state index contributed by atoms with van der Waals surface area (Å²) in [6.07, 6.45) is -0.0823. The van der Waals surface area contributed by atoms with E-state index in [1.165, 1.54) is 6.07 Å². The highest BCUT2D eigenvalue weighted by Crippen LogP contribution is 2.25. The van der Waals surface area contributed by atoms with Gasteiger partial charge in [-0.2, -0.15) is 0 Å². The maximum atomic E-state index is 12.7. The number of nitrogens with one attached hydrogen (secondary N) is 1. The first-order chi connectivity index (χ1) is 13.0. The highest BCUT2D eigenvalue weighted by molar-refractivity contribution is 6.30. The lowest BCUT2D eigenvalue weighted by atomic mass is 9.98. The van der Waals surface area contributed by atoms with Crippen LogP contribution in [0.1, 0.15) is 22.7 Å². The van der Waals surface area contributed by atoms with Crippen molar-refractivity contribution in [2.75, 3.05) is 0 Å². The molecule has 0 aliphatic carbocycles. The van der Waals surface area contributed by atoms with E-state index in [1.54, 1.807) is 30.3 Å². The molecule has 0 aromatic heterocycles. The first-order valence-electron chi connectivity index (χ1n) is 8.36. The number of nitro benzene ring substituents is 1. The SMILES string of the molecule is O=C(Cc1ccccc1[N+](=O)[O-])NC(c1ccccc1)c1cccc(Cl)c1. The fourth-order valence-electron chi connectivity index (χ4n) is 2.91. The van der Waals surface area contributed by atoms with Crippen molar-refractivity contribution in [2.24, 2.45) is 0 Å². The van der Waals surface area contributed by atoms with E-state index in [1.807, 2.05) is 42.5 Å². The predicted molar refractivity (Wildman–Crippen MR) is 105 cm³/mol. The maximum absolute atomic E-state index is 12.7. The monoisotopic (exact) mass is 380 g/mol. The van der Waals surface area contributed by atoms with Gasteiger partial charge in [0.25, 0.3) is 5.69 Å². The molecule has 0 aliphatic heterocycles. The van der Waals surface area contributed by atoms with Crippen LogP contribution in [0.5, 0.6) is 0 Å². The summed E-state index contributed by atoms with van der Waals surface area (Å²) in [4.78, 5) is 23.3. The third-order valence-corrected chi connectivity index (χ3v) is 4.39. The van der Waals surface area contributed by atoms with Gasteiger partial charge in [-0.25, -0.2) is 0 Å². The largest absolute Gasteiger partial charge is 0.345 e. The van der Waals surface area contributed by atoms with Crippen molar-refractivity contribution in [2.45, 2.75) is 12.5 Å². The average molecular weight is 381 g/mol. The molecular weight excluding hydrogens is 364 g/mol. The highest BCUT2D eigenvalue weighted by Gasteiger charge is 2.20. The van der Waals surface area contributed by atoms with Gasteiger partial charge in [0.1, 0.15) is 0 Å². The molecule has 0 saturated heterocycles. The topological polar surface area (TPSA) is 72.2 Å². The van der Waals surface area contributed by atoms with Gasteiger partial charge in [0.05, 0.1) is 17.4 Å². The van der Waals surface area contributed by atoms with Gasteiger partial charge in [0.15, 0.2) is 0 Å². The molecule has 136 valence electrons. The van der Waals surface area contributed by atoms with E-state index in [0.29, 0.717) is 10.6 Å². The summed E-state index contributed by atoms with van der Waals surface area (Å²) in [5.74, 6) is -0.307. The number of para-hydroxylation sites is 1. The summed E-state index contributed by atoms with van der Waals surface area (Å²) in [5, 5.41) is 14.7. The summed E-state index contributed by atoms with van der Waals surface area (Å²) in [5.41, 5.74) is 2.05. The van der Waals surface area contributed by atoms with Gasteiger partial charge < -0.3 is 5.32 Å². The van der Waals surface area contributed by atoms with Crippen molar-refractivity contribution in [1.82, 2.24) is 5.32 Å². The Morgan fingerprint density at radius 3 is 2.33 bits per heavy atom. The second-order valence-corrected chi connectivity index (χ2v) is 6.47. The Hall–Kier alpha value is -3.18. The second kappa shape index (κ2) is 8.47. The number of benzene rings is 3. The van der Waals surface area contributed by atoms with Crippen LogP contribution >= 0.6 is 11.6 Å². The standard InChI is InChI=1S/C21H17ClN2O3/c22-18-11-6-10-17(13-18)21(15-7-2-1-3-8-15)23-20(25)14-16-9-4-5-12-19(16)24(26)27/h1-13,21H,14H2,(H,23,25). The first-order valence-corrected chi connectivity index (χ1v) is 8.74. The predicted octanol–water partition coefficient (Wildman–Crippen LogP) is 4.70. The minimum Gasteiger partial charge on any atom is -0.345 e. The van der Waals surface area contributed by atoms with Gasteiger partial charge in [-0.15, -0.1) is 0 Å². The van der Waals surface area contributed by atoms with Crippen LogP contribution in [0.25, 0.3) is 0 Å². The molecule has 1 unspecified atom stereocenters. The zero-order valence-electron chi connectivity index (χ0n) is 14.3. The molecule has 6 heteroatoms. The van der Waals surface area contributed by atoms with Crippen molar-refractivity contribution < 1.29 is 9.72 Å². The molecule has 0 radical (unpaired) electrons. The Kier molecular flexibility index (Phi) is 5.84. The zero-order chi connectivity index (χ0) is 19.2. The molecule has 0 saturated carbocycles. The van der Waals surface area contributed by atoms with Crippen LogP contribution < -0.4 is 5.32 Å². The summed E-state index contributed by atoms with van der Waals surface area (Å²) in [7, 11) is 0. The maximum Gasteiger partial charge on any atom is 0.273 e. The van der Waals surface area contributed by atoms with Crippen molar-refractivity contribution in [3.05, 3.63) is 111 Å². The molecule has 3 aromatic carbocycles. The minimum atomic E-state index is -0.478. The summed E-state index contributed by atoms with van der Waals surface area (Å²) < 4.78 is 0. The van der Waals surface area contributed by atoms with E-state index in [2.05, 4.69) is 5.32 Å². The average Bonchev–Trinajstić information content (AvgIpc) is 2.67. The Bertz CT molecular complexity index is 960. The molecule has 1 atom stereocenters. The molecular formula is C21H17ClN2O3. The first kappa shape index (κ1) is 18.6. The zero-order valence-corrected chi connectivity index (χ0v) is 15.1. The highest BCUT2D eigenvalue weighted by atomic mass is 35.5. The van der Waals surface area contributed by atoms with Crippen molar-refractivity contribution in [3.63, 3.8) is 0 Å². The number of nitrogens with zero attached hydrogens (tertiary/aromatic N) is 1. The van der Waals surface area contributed by atoms with Crippen molar-refractivity contribution >= 4 is 23.2 Å². The number of amides is 1. The van der Waals surface area contributed by atoms with Crippen molar-refractivity contribution in [1.29, 1.82) is 0 Å². The van der Waals surface area contributed by atoms with Gasteiger partial charge in [-0.1, -0.05) is 72.3 Å². The van der Waals surface area contributed by atoms with Gasteiger partial charge in [-0.3, -0.25) is 14.9 Å². The van der Waals surface area contributed by atoms with Crippen LogP contribution in [-0.2, 0) is 11.2 Å². The van der Waals surface area contributed by atoms with Gasteiger partial charge in [-0.05, 0) is 23.3 Å². The second-order valence-electron chi connectivity index (χ2n) is 6.03. The molecule has 0 fully saturated rings. The Labute approximate surface area is 161 Å². The number of carbonyl (C=O) groups is 1. The normalized spacial score (nSPS) is 11.6. The lowest BCUT2D eigenvalue weighted by Gasteiger charge is -2.20. The third-order valence-electron chi connectivity index (χ3n) is 4.16. The lowest BCUT2D eigenvalue weighted by molar-refractivity contribution is -0.385. The molecule has 0 aliphatic rings. The van der Waals surface area contributed by atoms with Crippen LogP contribution in [0.2, 0.25) is 5.02 Å². The molecule has 3 aromatic rings. The smallest absolute Gasteiger partial charge is 0.273 e. The number of hydrogen-bond donors (Lipinski definition) is 1. The number of rotatable bonds is 6. The molecule has 0 spiro atoms. The third kappa shape index (κ3) is 4.71. The minimum absolute atomic E-state index is 0.0633. The van der Waals surface area contributed by atoms with E-state index in [4.69, 9.17) is 11.6 Å². The number of halogens is 1. The van der Waals surface area contributed by atoms with E-state index in [0.717, 1.165) is 11.1 Å². The van der Waals surface area contributed by atoms with Gasteiger partial charge in [0.2, 0.25) is 5.91 Å². The molecule has 5 nitrogen and oxygen atoms in total. The quantitative estimate of drug-likeness (QED) is 0.497. The van der Waals surface area contributed by atoms with Crippen LogP contribution in [0.4, 0.5) is 5.69 Å². The van der Waals surface area contributed by atoms with Gasteiger partial charge in [0, 0.05) is 16.7 Å². The Morgan fingerprint density at radius 1 is 0.963 bits per heavy atom. The number of hydrogen-bond acceptors (Lipinski definition) is 3. The molecule has 0 bridgehead atoms. The summed E-state index contributed by atoms with van der Waals surface area (Å²) in [6, 6.07) is 22.6. The summed E-state index contributed by atoms with van der Waals surface area (Å²) in [6.45, 7) is 0. The summed E-state index contributed by atoms with van der Waals surface area (Å²) >= 11 is 6.11.